The van der Waals surface area contributed by atoms with Crippen LogP contribution in [0.1, 0.15) is 17.8 Å². The molecule has 0 aliphatic carbocycles. The van der Waals surface area contributed by atoms with Gasteiger partial charge in [0.1, 0.15) is 5.75 Å². The van der Waals surface area contributed by atoms with Gasteiger partial charge in [0.25, 0.3) is 0 Å². The van der Waals surface area contributed by atoms with Gasteiger partial charge in [0.05, 0.1) is 18.5 Å². The molecule has 0 saturated heterocycles. The molecule has 3 N–H and O–H groups in total. The fourth-order valence-electron chi connectivity index (χ4n) is 2.25. The molecule has 0 radical (unpaired) electrons. The number of aliphatic imine (C=N–C) groups is 1. The lowest BCUT2D eigenvalue weighted by atomic mass is 10.3. The maximum atomic E-state index is 5.90. The number of aryl methyl sites for hydroxylation is 3. The third-order valence-electron chi connectivity index (χ3n) is 3.28. The molecule has 7 heteroatoms. The van der Waals surface area contributed by atoms with E-state index in [4.69, 9.17) is 10.5 Å². The molecule has 0 atom stereocenters. The predicted molar refractivity (Wildman–Crippen MR) is 105 cm³/mol. The Morgan fingerprint density at radius 3 is 2.74 bits per heavy atom. The van der Waals surface area contributed by atoms with Crippen molar-refractivity contribution in [1.82, 2.24) is 9.78 Å². The standard InChI is InChI=1S/C16H23N5O.HI/c1-12-11-13(2)21(20-12)10-6-9-18-16(17)19-14-7-4-5-8-15(14)22-3;/h4-5,7-8,11H,6,9-10H2,1-3H3,(H3,17,18,19);1H. The summed E-state index contributed by atoms with van der Waals surface area (Å²) in [5.74, 6) is 1.13. The van der Waals surface area contributed by atoms with E-state index in [9.17, 15) is 0 Å². The van der Waals surface area contributed by atoms with Gasteiger partial charge in [-0.3, -0.25) is 9.67 Å². The number of ether oxygens (including phenoxy) is 1. The van der Waals surface area contributed by atoms with Gasteiger partial charge in [0.2, 0.25) is 0 Å². The van der Waals surface area contributed by atoms with Crippen LogP contribution in [0.3, 0.4) is 0 Å². The average molecular weight is 429 g/mol. The van der Waals surface area contributed by atoms with Crippen LogP contribution >= 0.6 is 24.0 Å². The third kappa shape index (κ3) is 5.74. The molecule has 0 amide bonds. The molecule has 0 bridgehead atoms. The molecule has 1 aromatic carbocycles. The summed E-state index contributed by atoms with van der Waals surface area (Å²) in [6.45, 7) is 5.54. The van der Waals surface area contributed by atoms with Crippen molar-refractivity contribution in [2.24, 2.45) is 10.7 Å². The monoisotopic (exact) mass is 429 g/mol. The molecule has 126 valence electrons. The second kappa shape index (κ2) is 9.39. The fraction of sp³-hybridized carbons (Fsp3) is 0.375. The quantitative estimate of drug-likeness (QED) is 0.321. The molecule has 6 nitrogen and oxygen atoms in total. The lowest BCUT2D eigenvalue weighted by Crippen LogP contribution is -2.23. The molecule has 0 aliphatic heterocycles. The van der Waals surface area contributed by atoms with Crippen molar-refractivity contribution >= 4 is 35.6 Å². The van der Waals surface area contributed by atoms with Crippen LogP contribution in [0.5, 0.6) is 5.75 Å². The zero-order valence-electron chi connectivity index (χ0n) is 13.7. The number of nitrogens with one attached hydrogen (secondary N) is 1. The van der Waals surface area contributed by atoms with Gasteiger partial charge in [-0.1, -0.05) is 12.1 Å². The molecule has 0 fully saturated rings. The van der Waals surface area contributed by atoms with Gasteiger partial charge >= 0.3 is 0 Å². The topological polar surface area (TPSA) is 77.5 Å². The minimum Gasteiger partial charge on any atom is -0.495 e. The van der Waals surface area contributed by atoms with E-state index in [1.165, 1.54) is 5.69 Å². The highest BCUT2D eigenvalue weighted by atomic mass is 127. The summed E-state index contributed by atoms with van der Waals surface area (Å²) in [6, 6.07) is 9.67. The highest BCUT2D eigenvalue weighted by molar-refractivity contribution is 14.0. The van der Waals surface area contributed by atoms with Crippen LogP contribution in [0, 0.1) is 13.8 Å². The van der Waals surface area contributed by atoms with Gasteiger partial charge in [0, 0.05) is 18.8 Å². The molecule has 0 unspecified atom stereocenters. The van der Waals surface area contributed by atoms with E-state index in [1.54, 1.807) is 7.11 Å². The Hall–Kier alpha value is -1.77. The van der Waals surface area contributed by atoms with Crippen LogP contribution in [0.15, 0.2) is 35.3 Å². The normalized spacial score (nSPS) is 11.0. The van der Waals surface area contributed by atoms with E-state index in [-0.39, 0.29) is 24.0 Å². The predicted octanol–water partition coefficient (Wildman–Crippen LogP) is 2.94. The van der Waals surface area contributed by atoms with Crippen molar-refractivity contribution in [2.75, 3.05) is 19.0 Å². The summed E-state index contributed by atoms with van der Waals surface area (Å²) in [5.41, 5.74) is 8.92. The number of benzene rings is 1. The van der Waals surface area contributed by atoms with Crippen LogP contribution < -0.4 is 15.8 Å². The smallest absolute Gasteiger partial charge is 0.193 e. The van der Waals surface area contributed by atoms with Crippen LogP contribution in [-0.4, -0.2) is 29.4 Å². The second-order valence-electron chi connectivity index (χ2n) is 5.10. The molecular formula is C16H24IN5O. The van der Waals surface area contributed by atoms with Crippen molar-refractivity contribution in [3.63, 3.8) is 0 Å². The van der Waals surface area contributed by atoms with E-state index in [0.29, 0.717) is 12.5 Å². The van der Waals surface area contributed by atoms with Crippen molar-refractivity contribution in [1.29, 1.82) is 0 Å². The van der Waals surface area contributed by atoms with Gasteiger partial charge < -0.3 is 15.8 Å². The molecular weight excluding hydrogens is 405 g/mol. The van der Waals surface area contributed by atoms with E-state index in [0.717, 1.165) is 30.1 Å². The molecule has 0 spiro atoms. The molecule has 0 saturated carbocycles. The van der Waals surface area contributed by atoms with Crippen LogP contribution in [0.2, 0.25) is 0 Å². The van der Waals surface area contributed by atoms with Crippen molar-refractivity contribution in [3.05, 3.63) is 41.7 Å². The second-order valence-corrected chi connectivity index (χ2v) is 5.10. The van der Waals surface area contributed by atoms with Gasteiger partial charge in [-0.15, -0.1) is 24.0 Å². The molecule has 23 heavy (non-hydrogen) atoms. The number of hydrogen-bond acceptors (Lipinski definition) is 3. The number of nitrogens with two attached hydrogens (primary N) is 1. The van der Waals surface area contributed by atoms with Crippen LogP contribution in [0.4, 0.5) is 5.69 Å². The van der Waals surface area contributed by atoms with Crippen molar-refractivity contribution < 1.29 is 4.74 Å². The van der Waals surface area contributed by atoms with Gasteiger partial charge in [-0.05, 0) is 38.5 Å². The average Bonchev–Trinajstić information content (AvgIpc) is 2.82. The number of aromatic nitrogens is 2. The summed E-state index contributed by atoms with van der Waals surface area (Å²) in [6.07, 6.45) is 0.885. The van der Waals surface area contributed by atoms with Crippen LogP contribution in [0.25, 0.3) is 0 Å². The summed E-state index contributed by atoms with van der Waals surface area (Å²) in [5, 5.41) is 7.48. The molecule has 1 heterocycles. The van der Waals surface area contributed by atoms with Gasteiger partial charge in [-0.2, -0.15) is 5.10 Å². The largest absolute Gasteiger partial charge is 0.495 e. The number of para-hydroxylation sites is 2. The summed E-state index contributed by atoms with van der Waals surface area (Å²) < 4.78 is 7.26. The number of anilines is 1. The first-order chi connectivity index (χ1) is 10.6. The lowest BCUT2D eigenvalue weighted by Gasteiger charge is -2.10. The van der Waals surface area contributed by atoms with E-state index in [1.807, 2.05) is 35.9 Å². The maximum absolute atomic E-state index is 5.90. The fourth-order valence-corrected chi connectivity index (χ4v) is 2.25. The molecule has 2 rings (SSSR count). The number of halogens is 1. The van der Waals surface area contributed by atoms with E-state index in [2.05, 4.69) is 28.4 Å². The first-order valence-corrected chi connectivity index (χ1v) is 7.31. The Morgan fingerprint density at radius 1 is 1.35 bits per heavy atom. The first kappa shape index (κ1) is 19.3. The number of nitrogens with zero attached hydrogens (tertiary/aromatic N) is 3. The number of rotatable bonds is 6. The Bertz CT molecular complexity index is 654. The molecule has 0 aliphatic rings. The minimum absolute atomic E-state index is 0. The highest BCUT2D eigenvalue weighted by Crippen LogP contribution is 2.22. The Kier molecular flexibility index (Phi) is 7.87. The summed E-state index contributed by atoms with van der Waals surface area (Å²) >= 11 is 0. The summed E-state index contributed by atoms with van der Waals surface area (Å²) in [4.78, 5) is 4.33. The van der Waals surface area contributed by atoms with Gasteiger partial charge in [0.15, 0.2) is 5.96 Å². The number of guanidine groups is 1. The van der Waals surface area contributed by atoms with Crippen LogP contribution in [-0.2, 0) is 6.54 Å². The Balaban J connectivity index is 0.00000264. The lowest BCUT2D eigenvalue weighted by molar-refractivity contribution is 0.417. The zero-order valence-corrected chi connectivity index (χ0v) is 16.1. The number of methoxy groups -OCH3 is 1. The molecule has 1 aromatic heterocycles. The minimum atomic E-state index is 0. The Labute approximate surface area is 154 Å². The van der Waals surface area contributed by atoms with Crippen molar-refractivity contribution in [2.45, 2.75) is 26.8 Å². The SMILES string of the molecule is COc1ccccc1NC(N)=NCCCn1nc(C)cc1C.I. The Morgan fingerprint density at radius 2 is 2.09 bits per heavy atom. The number of hydrogen-bond donors (Lipinski definition) is 2. The molecule has 2 aromatic rings. The zero-order chi connectivity index (χ0) is 15.9. The van der Waals surface area contributed by atoms with Crippen molar-refractivity contribution in [3.8, 4) is 5.75 Å². The summed E-state index contributed by atoms with van der Waals surface area (Å²) in [7, 11) is 1.63. The van der Waals surface area contributed by atoms with E-state index < -0.39 is 0 Å². The first-order valence-electron chi connectivity index (χ1n) is 7.31. The van der Waals surface area contributed by atoms with Gasteiger partial charge in [-0.25, -0.2) is 0 Å². The maximum Gasteiger partial charge on any atom is 0.193 e. The van der Waals surface area contributed by atoms with E-state index >= 15 is 0 Å². The third-order valence-corrected chi connectivity index (χ3v) is 3.28. The highest BCUT2D eigenvalue weighted by Gasteiger charge is 2.02.